The Morgan fingerprint density at radius 3 is 2.71 bits per heavy atom. The van der Waals surface area contributed by atoms with Crippen molar-refractivity contribution in [1.29, 1.82) is 0 Å². The summed E-state index contributed by atoms with van der Waals surface area (Å²) < 4.78 is 12.6. The molecule has 10 nitrogen and oxygen atoms in total. The number of rotatable bonds is 12. The summed E-state index contributed by atoms with van der Waals surface area (Å²) in [7, 11) is 0. The molecule has 3 N–H and O–H groups in total. The topological polar surface area (TPSA) is 136 Å². The second kappa shape index (κ2) is 13.0. The monoisotopic (exact) mass is 534 g/mol. The Balaban J connectivity index is 1.56. The summed E-state index contributed by atoms with van der Waals surface area (Å²) >= 11 is 3.44. The average Bonchev–Trinajstić information content (AvgIpc) is 2.85. The molecule has 1 amide bonds. The highest BCUT2D eigenvalue weighted by atomic mass is 79.9. The van der Waals surface area contributed by atoms with E-state index in [0.29, 0.717) is 44.8 Å². The number of nitrogens with zero attached hydrogens (tertiary/aromatic N) is 2. The van der Waals surface area contributed by atoms with E-state index in [1.54, 1.807) is 6.08 Å². The van der Waals surface area contributed by atoms with Crippen molar-refractivity contribution in [2.45, 2.75) is 31.5 Å². The van der Waals surface area contributed by atoms with Crippen LogP contribution in [0, 0.1) is 10.1 Å². The van der Waals surface area contributed by atoms with Gasteiger partial charge in [0, 0.05) is 42.6 Å². The molecule has 2 atom stereocenters. The quantitative estimate of drug-likeness (QED) is 0.214. The van der Waals surface area contributed by atoms with Gasteiger partial charge in [0.15, 0.2) is 5.76 Å². The molecule has 2 aromatic rings. The summed E-state index contributed by atoms with van der Waals surface area (Å²) in [6.07, 6.45) is 4.32. The number of carbonyl (C=O) groups is 1. The van der Waals surface area contributed by atoms with Crippen LogP contribution in [-0.2, 0) is 14.3 Å². The Morgan fingerprint density at radius 1 is 1.24 bits per heavy atom. The van der Waals surface area contributed by atoms with Crippen molar-refractivity contribution in [3.05, 3.63) is 74.6 Å². The summed E-state index contributed by atoms with van der Waals surface area (Å²) in [5.41, 5.74) is 0.959. The second-order valence-electron chi connectivity index (χ2n) is 7.62. The number of aliphatic hydroxyl groups is 1. The van der Waals surface area contributed by atoms with Crippen LogP contribution >= 0.6 is 15.9 Å². The molecule has 3 rings (SSSR count). The first-order valence-electron chi connectivity index (χ1n) is 10.9. The first kappa shape index (κ1) is 25.6. The van der Waals surface area contributed by atoms with Crippen molar-refractivity contribution in [2.75, 3.05) is 31.6 Å². The highest BCUT2D eigenvalue weighted by molar-refractivity contribution is 9.10. The van der Waals surface area contributed by atoms with E-state index < -0.39 is 11.2 Å². The van der Waals surface area contributed by atoms with Gasteiger partial charge in [0.05, 0.1) is 11.5 Å². The van der Waals surface area contributed by atoms with Gasteiger partial charge in [-0.2, -0.15) is 0 Å². The summed E-state index contributed by atoms with van der Waals surface area (Å²) in [4.78, 5) is 26.9. The fraction of sp³-hybridized carbons (Fsp3) is 0.391. The number of amides is 1. The van der Waals surface area contributed by atoms with E-state index >= 15 is 0 Å². The number of nitro groups is 1. The fourth-order valence-corrected chi connectivity index (χ4v) is 3.61. The van der Waals surface area contributed by atoms with E-state index in [9.17, 15) is 14.9 Å². The minimum atomic E-state index is -0.569. The minimum absolute atomic E-state index is 0.0483. The van der Waals surface area contributed by atoms with Gasteiger partial charge in [-0.05, 0) is 42.7 Å². The predicted octanol–water partition coefficient (Wildman–Crippen LogP) is 3.48. The Morgan fingerprint density at radius 2 is 2.03 bits per heavy atom. The zero-order valence-corrected chi connectivity index (χ0v) is 20.1. The number of ether oxygens (including phenoxy) is 2. The number of unbranched alkanes of at least 4 members (excludes halogenated alkanes) is 1. The highest BCUT2D eigenvalue weighted by Crippen LogP contribution is 2.32. The average molecular weight is 535 g/mol. The molecule has 1 aliphatic heterocycles. The standard InChI is InChI=1S/C23H27BrN4O6/c24-18-5-3-16(4-6-18)17-13-20(34-22(14-17)33-12-2-1-11-29)23(30)26-10-9-25-21-8-7-19(15-27-21)28(31)32/h3-8,13,15,17,22,29H,1-2,9-12,14H2,(H,25,27)(H,26,30)/t17-,22+/m0/s1. The van der Waals surface area contributed by atoms with E-state index in [1.807, 2.05) is 24.3 Å². The van der Waals surface area contributed by atoms with Crippen molar-refractivity contribution in [3.63, 3.8) is 0 Å². The van der Waals surface area contributed by atoms with Gasteiger partial charge >= 0.3 is 0 Å². The molecule has 0 spiro atoms. The molecule has 0 radical (unpaired) electrons. The first-order chi connectivity index (χ1) is 16.5. The van der Waals surface area contributed by atoms with Crippen LogP contribution in [0.15, 0.2) is 58.9 Å². The Hall–Kier alpha value is -3.02. The largest absolute Gasteiger partial charge is 0.459 e. The molecular formula is C23H27BrN4O6. The van der Waals surface area contributed by atoms with Gasteiger partial charge in [-0.25, -0.2) is 4.98 Å². The normalized spacial score (nSPS) is 17.4. The van der Waals surface area contributed by atoms with Crippen molar-refractivity contribution < 1.29 is 24.3 Å². The number of benzene rings is 1. The number of anilines is 1. The third-order valence-electron chi connectivity index (χ3n) is 5.11. The maximum atomic E-state index is 12.8. The number of carbonyl (C=O) groups excluding carboxylic acids is 1. The van der Waals surface area contributed by atoms with Gasteiger partial charge in [0.2, 0.25) is 6.29 Å². The van der Waals surface area contributed by atoms with E-state index in [4.69, 9.17) is 14.6 Å². The fourth-order valence-electron chi connectivity index (χ4n) is 3.34. The number of pyridine rings is 1. The van der Waals surface area contributed by atoms with E-state index in [1.165, 1.54) is 18.3 Å². The first-order valence-corrected chi connectivity index (χ1v) is 11.7. The molecule has 0 unspecified atom stereocenters. The van der Waals surface area contributed by atoms with Crippen LogP contribution < -0.4 is 10.6 Å². The molecule has 1 aliphatic rings. The lowest BCUT2D eigenvalue weighted by atomic mass is 9.93. The molecule has 1 aromatic heterocycles. The van der Waals surface area contributed by atoms with Gasteiger partial charge in [-0.1, -0.05) is 28.1 Å². The lowest BCUT2D eigenvalue weighted by Crippen LogP contribution is -2.35. The van der Waals surface area contributed by atoms with Crippen LogP contribution in [0.2, 0.25) is 0 Å². The molecule has 0 bridgehead atoms. The van der Waals surface area contributed by atoms with Gasteiger partial charge in [0.1, 0.15) is 12.0 Å². The molecular weight excluding hydrogens is 508 g/mol. The highest BCUT2D eigenvalue weighted by Gasteiger charge is 2.28. The third-order valence-corrected chi connectivity index (χ3v) is 5.64. The molecule has 2 heterocycles. The van der Waals surface area contributed by atoms with Crippen LogP contribution in [0.25, 0.3) is 0 Å². The lowest BCUT2D eigenvalue weighted by Gasteiger charge is -2.29. The lowest BCUT2D eigenvalue weighted by molar-refractivity contribution is -0.385. The maximum absolute atomic E-state index is 12.8. The molecule has 0 saturated heterocycles. The smallest absolute Gasteiger partial charge is 0.287 e. The van der Waals surface area contributed by atoms with E-state index in [0.717, 1.165) is 10.0 Å². The summed E-state index contributed by atoms with van der Waals surface area (Å²) in [5.74, 6) is 0.261. The molecule has 11 heteroatoms. The number of allylic oxidation sites excluding steroid dienone is 1. The molecule has 0 fully saturated rings. The molecule has 0 saturated carbocycles. The number of hydrogen-bond donors (Lipinski definition) is 3. The third kappa shape index (κ3) is 7.79. The van der Waals surface area contributed by atoms with Crippen molar-refractivity contribution in [2.24, 2.45) is 0 Å². The number of aromatic nitrogens is 1. The van der Waals surface area contributed by atoms with Gasteiger partial charge in [-0.15, -0.1) is 0 Å². The van der Waals surface area contributed by atoms with Gasteiger partial charge in [-0.3, -0.25) is 14.9 Å². The van der Waals surface area contributed by atoms with Crippen LogP contribution in [-0.4, -0.2) is 53.5 Å². The van der Waals surface area contributed by atoms with Crippen LogP contribution in [0.3, 0.4) is 0 Å². The molecule has 1 aromatic carbocycles. The Kier molecular flexibility index (Phi) is 9.80. The zero-order valence-electron chi connectivity index (χ0n) is 18.5. The van der Waals surface area contributed by atoms with Crippen LogP contribution in [0.4, 0.5) is 11.5 Å². The van der Waals surface area contributed by atoms with E-state index in [-0.39, 0.29) is 29.9 Å². The number of hydrogen-bond acceptors (Lipinski definition) is 8. The molecule has 0 aliphatic carbocycles. The van der Waals surface area contributed by atoms with Crippen molar-refractivity contribution in [3.8, 4) is 0 Å². The molecule has 182 valence electrons. The number of halogens is 1. The molecule has 34 heavy (non-hydrogen) atoms. The minimum Gasteiger partial charge on any atom is -0.459 e. The number of nitrogens with one attached hydrogen (secondary N) is 2. The van der Waals surface area contributed by atoms with Crippen LogP contribution in [0.5, 0.6) is 0 Å². The summed E-state index contributed by atoms with van der Waals surface area (Å²) in [6.45, 7) is 1.21. The predicted molar refractivity (Wildman–Crippen MR) is 129 cm³/mol. The Labute approximate surface area is 205 Å². The van der Waals surface area contributed by atoms with Crippen molar-refractivity contribution >= 4 is 33.3 Å². The maximum Gasteiger partial charge on any atom is 0.287 e. The van der Waals surface area contributed by atoms with Gasteiger partial charge < -0.3 is 25.2 Å². The SMILES string of the molecule is O=C(NCCNc1ccc([N+](=O)[O-])cn1)C1=C[C@H](c2ccc(Br)cc2)C[C@H](OCCCCO)O1. The van der Waals surface area contributed by atoms with Crippen molar-refractivity contribution in [1.82, 2.24) is 10.3 Å². The van der Waals surface area contributed by atoms with E-state index in [2.05, 4.69) is 31.5 Å². The second-order valence-corrected chi connectivity index (χ2v) is 8.53. The van der Waals surface area contributed by atoms with Crippen LogP contribution in [0.1, 0.15) is 30.7 Å². The number of aliphatic hydroxyl groups excluding tert-OH is 1. The van der Waals surface area contributed by atoms with Gasteiger partial charge in [0.25, 0.3) is 11.6 Å². The summed E-state index contributed by atoms with van der Waals surface area (Å²) in [5, 5.41) is 25.5. The summed E-state index contributed by atoms with van der Waals surface area (Å²) in [6, 6.07) is 10.8. The Bertz CT molecular complexity index is 984. The zero-order chi connectivity index (χ0) is 24.3.